The van der Waals surface area contributed by atoms with Crippen LogP contribution in [0.3, 0.4) is 0 Å². The number of benzene rings is 1. The summed E-state index contributed by atoms with van der Waals surface area (Å²) in [5, 5.41) is 4.46. The van der Waals surface area contributed by atoms with Gasteiger partial charge in [-0.05, 0) is 44.1 Å². The summed E-state index contributed by atoms with van der Waals surface area (Å²) in [7, 11) is 0. The summed E-state index contributed by atoms with van der Waals surface area (Å²) in [6.45, 7) is 4.63. The zero-order chi connectivity index (χ0) is 12.4. The first-order valence-electron chi connectivity index (χ1n) is 6.33. The van der Waals surface area contributed by atoms with Crippen molar-refractivity contribution in [2.45, 2.75) is 12.8 Å². The van der Waals surface area contributed by atoms with Crippen molar-refractivity contribution in [2.75, 3.05) is 31.5 Å². The van der Waals surface area contributed by atoms with Crippen LogP contribution >= 0.6 is 27.3 Å². The summed E-state index contributed by atoms with van der Waals surface area (Å²) in [6.07, 6.45) is 2.71. The van der Waals surface area contributed by atoms with Crippen molar-refractivity contribution in [3.8, 4) is 0 Å². The van der Waals surface area contributed by atoms with E-state index in [4.69, 9.17) is 0 Å². The third-order valence-corrected chi connectivity index (χ3v) is 4.72. The number of nitrogens with one attached hydrogen (secondary N) is 1. The molecule has 2 heterocycles. The number of nitrogens with zero attached hydrogens (tertiary/aromatic N) is 2. The van der Waals surface area contributed by atoms with Crippen molar-refractivity contribution < 1.29 is 0 Å². The molecule has 1 fully saturated rings. The van der Waals surface area contributed by atoms with Gasteiger partial charge in [-0.15, -0.1) is 0 Å². The van der Waals surface area contributed by atoms with Gasteiger partial charge in [-0.1, -0.05) is 27.3 Å². The topological polar surface area (TPSA) is 28.2 Å². The van der Waals surface area contributed by atoms with E-state index in [1.165, 1.54) is 30.6 Å². The average Bonchev–Trinajstić information content (AvgIpc) is 2.97. The summed E-state index contributed by atoms with van der Waals surface area (Å²) in [5.41, 5.74) is 1.08. The number of aromatic nitrogens is 1. The fourth-order valence-corrected chi connectivity index (χ4v) is 3.74. The van der Waals surface area contributed by atoms with E-state index in [-0.39, 0.29) is 0 Å². The molecule has 1 aromatic heterocycles. The van der Waals surface area contributed by atoms with E-state index in [1.807, 2.05) is 6.07 Å². The van der Waals surface area contributed by atoms with Gasteiger partial charge in [0, 0.05) is 17.6 Å². The summed E-state index contributed by atoms with van der Waals surface area (Å²) in [6, 6.07) is 6.22. The minimum absolute atomic E-state index is 0.987. The highest BCUT2D eigenvalue weighted by atomic mass is 79.9. The highest BCUT2D eigenvalue weighted by Gasteiger charge is 2.10. The summed E-state index contributed by atoms with van der Waals surface area (Å²) in [4.78, 5) is 7.10. The van der Waals surface area contributed by atoms with Crippen LogP contribution in [0.5, 0.6) is 0 Å². The molecule has 3 rings (SSSR count). The lowest BCUT2D eigenvalue weighted by Gasteiger charge is -2.13. The number of hydrogen-bond donors (Lipinski definition) is 1. The first-order chi connectivity index (χ1) is 8.81. The van der Waals surface area contributed by atoms with Crippen LogP contribution in [0, 0.1) is 0 Å². The molecule has 0 saturated carbocycles. The number of anilines is 1. The van der Waals surface area contributed by atoms with E-state index in [0.29, 0.717) is 0 Å². The molecule has 1 aliphatic heterocycles. The Morgan fingerprint density at radius 3 is 3.00 bits per heavy atom. The molecule has 1 aromatic carbocycles. The SMILES string of the molecule is Brc1ccc2nc(NCCN3CCCC3)sc2c1. The van der Waals surface area contributed by atoms with Crippen LogP contribution in [0.4, 0.5) is 5.13 Å². The minimum atomic E-state index is 0.987. The Hall–Kier alpha value is -0.650. The average molecular weight is 326 g/mol. The van der Waals surface area contributed by atoms with E-state index in [0.717, 1.165) is 28.2 Å². The second kappa shape index (κ2) is 5.55. The highest BCUT2D eigenvalue weighted by Crippen LogP contribution is 2.28. The molecule has 96 valence electrons. The molecule has 1 aliphatic rings. The van der Waals surface area contributed by atoms with Crippen molar-refractivity contribution >= 4 is 42.6 Å². The van der Waals surface area contributed by atoms with Gasteiger partial charge in [0.25, 0.3) is 0 Å². The fraction of sp³-hybridized carbons (Fsp3) is 0.462. The van der Waals surface area contributed by atoms with Gasteiger partial charge < -0.3 is 10.2 Å². The zero-order valence-electron chi connectivity index (χ0n) is 10.2. The lowest BCUT2D eigenvalue weighted by Crippen LogP contribution is -2.25. The first-order valence-corrected chi connectivity index (χ1v) is 7.94. The van der Waals surface area contributed by atoms with Crippen molar-refractivity contribution in [3.63, 3.8) is 0 Å². The van der Waals surface area contributed by atoms with Crippen molar-refractivity contribution in [1.82, 2.24) is 9.88 Å². The van der Waals surface area contributed by atoms with Crippen molar-refractivity contribution in [3.05, 3.63) is 22.7 Å². The fourth-order valence-electron chi connectivity index (χ4n) is 2.30. The smallest absolute Gasteiger partial charge is 0.183 e. The maximum absolute atomic E-state index is 4.59. The van der Waals surface area contributed by atoms with Gasteiger partial charge in [-0.3, -0.25) is 0 Å². The maximum Gasteiger partial charge on any atom is 0.183 e. The quantitative estimate of drug-likeness (QED) is 0.931. The van der Waals surface area contributed by atoms with Gasteiger partial charge in [0.15, 0.2) is 5.13 Å². The van der Waals surface area contributed by atoms with Crippen molar-refractivity contribution in [1.29, 1.82) is 0 Å². The molecule has 0 unspecified atom stereocenters. The van der Waals surface area contributed by atoms with Gasteiger partial charge in [0.1, 0.15) is 0 Å². The monoisotopic (exact) mass is 325 g/mol. The number of rotatable bonds is 4. The Balaban J connectivity index is 1.60. The van der Waals surface area contributed by atoms with Gasteiger partial charge >= 0.3 is 0 Å². The van der Waals surface area contributed by atoms with Crippen LogP contribution in [0.2, 0.25) is 0 Å². The molecular weight excluding hydrogens is 310 g/mol. The predicted molar refractivity (Wildman–Crippen MR) is 81.5 cm³/mol. The third-order valence-electron chi connectivity index (χ3n) is 3.25. The Labute approximate surface area is 119 Å². The maximum atomic E-state index is 4.59. The Kier molecular flexibility index (Phi) is 3.82. The summed E-state index contributed by atoms with van der Waals surface area (Å²) >= 11 is 5.21. The van der Waals surface area contributed by atoms with Crippen LogP contribution in [0.15, 0.2) is 22.7 Å². The molecule has 0 bridgehead atoms. The lowest BCUT2D eigenvalue weighted by molar-refractivity contribution is 0.352. The largest absolute Gasteiger partial charge is 0.360 e. The van der Waals surface area contributed by atoms with Gasteiger partial charge in [-0.2, -0.15) is 0 Å². The van der Waals surface area contributed by atoms with Crippen LogP contribution in [-0.2, 0) is 0 Å². The molecule has 0 aliphatic carbocycles. The Morgan fingerprint density at radius 2 is 2.17 bits per heavy atom. The first kappa shape index (κ1) is 12.4. The summed E-state index contributed by atoms with van der Waals surface area (Å²) in [5.74, 6) is 0. The second-order valence-electron chi connectivity index (χ2n) is 4.61. The standard InChI is InChI=1S/C13H16BrN3S/c14-10-3-4-11-12(9-10)18-13(16-11)15-5-8-17-6-1-2-7-17/h3-4,9H,1-2,5-8H2,(H,15,16). The number of likely N-dealkylation sites (tertiary alicyclic amines) is 1. The molecule has 18 heavy (non-hydrogen) atoms. The molecule has 2 aromatic rings. The predicted octanol–water partition coefficient (Wildman–Crippen LogP) is 3.57. The molecule has 0 radical (unpaired) electrons. The van der Waals surface area contributed by atoms with Crippen molar-refractivity contribution in [2.24, 2.45) is 0 Å². The van der Waals surface area contributed by atoms with Crippen LogP contribution in [0.25, 0.3) is 10.2 Å². The lowest BCUT2D eigenvalue weighted by atomic mass is 10.3. The number of hydrogen-bond acceptors (Lipinski definition) is 4. The molecule has 3 nitrogen and oxygen atoms in total. The number of fused-ring (bicyclic) bond motifs is 1. The van der Waals surface area contributed by atoms with E-state index >= 15 is 0 Å². The molecule has 1 N–H and O–H groups in total. The molecule has 0 atom stereocenters. The highest BCUT2D eigenvalue weighted by molar-refractivity contribution is 9.10. The number of halogens is 1. The van der Waals surface area contributed by atoms with E-state index in [1.54, 1.807) is 11.3 Å². The summed E-state index contributed by atoms with van der Waals surface area (Å²) < 4.78 is 2.34. The molecule has 0 spiro atoms. The minimum Gasteiger partial charge on any atom is -0.360 e. The van der Waals surface area contributed by atoms with Gasteiger partial charge in [-0.25, -0.2) is 4.98 Å². The van der Waals surface area contributed by atoms with E-state index in [9.17, 15) is 0 Å². The van der Waals surface area contributed by atoms with Gasteiger partial charge in [0.2, 0.25) is 0 Å². The molecular formula is C13H16BrN3S. The molecule has 5 heteroatoms. The molecule has 1 saturated heterocycles. The normalized spacial score (nSPS) is 16.5. The van der Waals surface area contributed by atoms with Crippen LogP contribution in [0.1, 0.15) is 12.8 Å². The second-order valence-corrected chi connectivity index (χ2v) is 6.55. The van der Waals surface area contributed by atoms with Crippen LogP contribution < -0.4 is 5.32 Å². The molecule has 0 amide bonds. The number of thiazole rings is 1. The van der Waals surface area contributed by atoms with E-state index in [2.05, 4.69) is 43.3 Å². The van der Waals surface area contributed by atoms with Gasteiger partial charge in [0.05, 0.1) is 10.2 Å². The Morgan fingerprint density at radius 1 is 1.33 bits per heavy atom. The zero-order valence-corrected chi connectivity index (χ0v) is 12.6. The van der Waals surface area contributed by atoms with E-state index < -0.39 is 0 Å². The van der Waals surface area contributed by atoms with Crippen LogP contribution in [-0.4, -0.2) is 36.1 Å². The third kappa shape index (κ3) is 2.84. The Bertz CT molecular complexity index is 534.